The Morgan fingerprint density at radius 1 is 1.36 bits per heavy atom. The van der Waals surface area contributed by atoms with E-state index in [-0.39, 0.29) is 0 Å². The Kier molecular flexibility index (Phi) is 3.02. The van der Waals surface area contributed by atoms with Crippen LogP contribution in [0.4, 0.5) is 0 Å². The molecule has 2 nitrogen and oxygen atoms in total. The molecule has 1 aliphatic rings. The van der Waals surface area contributed by atoms with Crippen molar-refractivity contribution in [2.75, 3.05) is 0 Å². The molecule has 0 radical (unpaired) electrons. The van der Waals surface area contributed by atoms with Crippen molar-refractivity contribution in [2.24, 2.45) is 0 Å². The van der Waals surface area contributed by atoms with E-state index in [2.05, 4.69) is 16.9 Å². The van der Waals surface area contributed by atoms with Gasteiger partial charge in [0.2, 0.25) is 0 Å². The van der Waals surface area contributed by atoms with Crippen molar-refractivity contribution in [3.05, 3.63) is 22.7 Å². The summed E-state index contributed by atoms with van der Waals surface area (Å²) in [6.45, 7) is 2.06. The summed E-state index contributed by atoms with van der Waals surface area (Å²) < 4.78 is 0. The molecule has 0 aromatic carbocycles. The van der Waals surface area contributed by atoms with E-state index in [1.54, 1.807) is 0 Å². The molecule has 0 spiro atoms. The van der Waals surface area contributed by atoms with Gasteiger partial charge in [-0.15, -0.1) is 0 Å². The average Bonchev–Trinajstić information content (AvgIpc) is 2.69. The van der Waals surface area contributed by atoms with Crippen LogP contribution >= 0.6 is 11.6 Å². The molecule has 1 saturated carbocycles. The smallest absolute Gasteiger partial charge is 0.133 e. The highest BCUT2D eigenvalue weighted by Gasteiger charge is 2.19. The zero-order chi connectivity index (χ0) is 9.97. The van der Waals surface area contributed by atoms with Crippen LogP contribution in [0, 0.1) is 0 Å². The summed E-state index contributed by atoms with van der Waals surface area (Å²) in [5.41, 5.74) is 1.15. The van der Waals surface area contributed by atoms with Crippen LogP contribution in [0.15, 0.2) is 6.07 Å². The molecule has 0 aliphatic heterocycles. The predicted molar refractivity (Wildman–Crippen MR) is 57.6 cm³/mol. The second kappa shape index (κ2) is 4.26. The maximum atomic E-state index is 5.96. The molecule has 0 amide bonds. The number of aromatic nitrogens is 2. The predicted octanol–water partition coefficient (Wildman–Crippen LogP) is 3.35. The molecular formula is C11H15ClN2. The Morgan fingerprint density at radius 2 is 2.07 bits per heavy atom. The number of aryl methyl sites for hydroxylation is 1. The Labute approximate surface area is 89.7 Å². The first kappa shape index (κ1) is 9.91. The van der Waals surface area contributed by atoms with E-state index in [9.17, 15) is 0 Å². The number of halogens is 1. The zero-order valence-corrected chi connectivity index (χ0v) is 9.22. The number of nitrogens with zero attached hydrogens (tertiary/aromatic N) is 2. The molecule has 3 heteroatoms. The summed E-state index contributed by atoms with van der Waals surface area (Å²) in [5, 5.41) is 0.596. The fourth-order valence-corrected chi connectivity index (χ4v) is 2.28. The van der Waals surface area contributed by atoms with Crippen LogP contribution in [0.3, 0.4) is 0 Å². The molecule has 1 fully saturated rings. The van der Waals surface area contributed by atoms with Gasteiger partial charge in [0.05, 0.1) is 0 Å². The van der Waals surface area contributed by atoms with E-state index in [1.807, 2.05) is 6.07 Å². The summed E-state index contributed by atoms with van der Waals surface area (Å²) >= 11 is 5.96. The Bertz CT molecular complexity index is 319. The van der Waals surface area contributed by atoms with Crippen molar-refractivity contribution in [3.8, 4) is 0 Å². The summed E-state index contributed by atoms with van der Waals surface area (Å²) in [5.74, 6) is 1.50. The van der Waals surface area contributed by atoms with E-state index < -0.39 is 0 Å². The lowest BCUT2D eigenvalue weighted by Crippen LogP contribution is -2.02. The summed E-state index contributed by atoms with van der Waals surface area (Å²) in [6, 6.07) is 1.93. The minimum absolute atomic E-state index is 0.596. The van der Waals surface area contributed by atoms with Gasteiger partial charge in [-0.1, -0.05) is 31.4 Å². The van der Waals surface area contributed by atoms with Crippen molar-refractivity contribution < 1.29 is 0 Å². The molecule has 2 rings (SSSR count). The van der Waals surface area contributed by atoms with Crippen molar-refractivity contribution >= 4 is 11.6 Å². The van der Waals surface area contributed by atoms with Gasteiger partial charge in [0.1, 0.15) is 11.0 Å². The lowest BCUT2D eigenvalue weighted by molar-refractivity contribution is 0.684. The van der Waals surface area contributed by atoms with Gasteiger partial charge >= 0.3 is 0 Å². The molecule has 1 heterocycles. The SMILES string of the molecule is CCc1nc(Cl)cc(C2CCCC2)n1. The van der Waals surface area contributed by atoms with Crippen molar-refractivity contribution in [3.63, 3.8) is 0 Å². The van der Waals surface area contributed by atoms with Gasteiger partial charge in [-0.3, -0.25) is 0 Å². The van der Waals surface area contributed by atoms with Crippen molar-refractivity contribution in [2.45, 2.75) is 44.9 Å². The third-order valence-corrected chi connectivity index (χ3v) is 3.04. The minimum atomic E-state index is 0.596. The molecule has 1 aromatic heterocycles. The van der Waals surface area contributed by atoms with Crippen molar-refractivity contribution in [1.29, 1.82) is 0 Å². The normalized spacial score (nSPS) is 17.6. The van der Waals surface area contributed by atoms with Gasteiger partial charge in [0.15, 0.2) is 0 Å². The number of hydrogen-bond acceptors (Lipinski definition) is 2. The van der Waals surface area contributed by atoms with Gasteiger partial charge in [0.25, 0.3) is 0 Å². The second-order valence-corrected chi connectivity index (χ2v) is 4.25. The highest BCUT2D eigenvalue weighted by molar-refractivity contribution is 6.29. The van der Waals surface area contributed by atoms with Gasteiger partial charge in [-0.2, -0.15) is 0 Å². The maximum Gasteiger partial charge on any atom is 0.133 e. The fourth-order valence-electron chi connectivity index (χ4n) is 2.07. The van der Waals surface area contributed by atoms with Crippen LogP contribution in [0.25, 0.3) is 0 Å². The molecule has 0 unspecified atom stereocenters. The summed E-state index contributed by atoms with van der Waals surface area (Å²) in [6.07, 6.45) is 6.04. The molecule has 76 valence electrons. The monoisotopic (exact) mass is 210 g/mol. The van der Waals surface area contributed by atoms with E-state index in [0.717, 1.165) is 17.9 Å². The van der Waals surface area contributed by atoms with Gasteiger partial charge in [-0.05, 0) is 18.9 Å². The molecule has 0 atom stereocenters. The summed E-state index contributed by atoms with van der Waals surface area (Å²) in [4.78, 5) is 8.72. The minimum Gasteiger partial charge on any atom is -0.238 e. The Morgan fingerprint density at radius 3 is 2.71 bits per heavy atom. The Balaban J connectivity index is 2.27. The maximum absolute atomic E-state index is 5.96. The summed E-state index contributed by atoms with van der Waals surface area (Å²) in [7, 11) is 0. The van der Waals surface area contributed by atoms with Crippen LogP contribution in [0.5, 0.6) is 0 Å². The molecule has 1 aliphatic carbocycles. The van der Waals surface area contributed by atoms with Crippen LogP contribution in [0.2, 0.25) is 5.15 Å². The van der Waals surface area contributed by atoms with Crippen molar-refractivity contribution in [1.82, 2.24) is 9.97 Å². The third kappa shape index (κ3) is 2.06. The van der Waals surface area contributed by atoms with E-state index in [4.69, 9.17) is 11.6 Å². The topological polar surface area (TPSA) is 25.8 Å². The lowest BCUT2D eigenvalue weighted by atomic mass is 10.0. The third-order valence-electron chi connectivity index (χ3n) is 2.85. The second-order valence-electron chi connectivity index (χ2n) is 3.87. The standard InChI is InChI=1S/C11H15ClN2/c1-2-11-13-9(7-10(12)14-11)8-5-3-4-6-8/h7-8H,2-6H2,1H3. The molecule has 0 bridgehead atoms. The first-order valence-electron chi connectivity index (χ1n) is 5.33. The van der Waals surface area contributed by atoms with Gasteiger partial charge in [-0.25, -0.2) is 9.97 Å². The number of rotatable bonds is 2. The molecule has 1 aromatic rings. The van der Waals surface area contributed by atoms with Crippen LogP contribution < -0.4 is 0 Å². The number of hydrogen-bond donors (Lipinski definition) is 0. The quantitative estimate of drug-likeness (QED) is 0.700. The van der Waals surface area contributed by atoms with Crippen LogP contribution in [0.1, 0.15) is 50.0 Å². The fraction of sp³-hybridized carbons (Fsp3) is 0.636. The van der Waals surface area contributed by atoms with E-state index >= 15 is 0 Å². The van der Waals surface area contributed by atoms with Gasteiger partial charge in [0, 0.05) is 18.0 Å². The first-order chi connectivity index (χ1) is 6.79. The first-order valence-corrected chi connectivity index (χ1v) is 5.70. The van der Waals surface area contributed by atoms with Crippen LogP contribution in [-0.4, -0.2) is 9.97 Å². The van der Waals surface area contributed by atoms with E-state index in [0.29, 0.717) is 11.1 Å². The average molecular weight is 211 g/mol. The van der Waals surface area contributed by atoms with E-state index in [1.165, 1.54) is 25.7 Å². The molecule has 0 N–H and O–H groups in total. The van der Waals surface area contributed by atoms with Crippen LogP contribution in [-0.2, 0) is 6.42 Å². The molecule has 14 heavy (non-hydrogen) atoms. The van der Waals surface area contributed by atoms with Gasteiger partial charge < -0.3 is 0 Å². The molecule has 0 saturated heterocycles. The molecular weight excluding hydrogens is 196 g/mol. The largest absolute Gasteiger partial charge is 0.238 e. The highest BCUT2D eigenvalue weighted by atomic mass is 35.5. The lowest BCUT2D eigenvalue weighted by Gasteiger charge is -2.09. The highest BCUT2D eigenvalue weighted by Crippen LogP contribution is 2.33. The zero-order valence-electron chi connectivity index (χ0n) is 8.46. The Hall–Kier alpha value is -0.630.